The van der Waals surface area contributed by atoms with Crippen LogP contribution in [-0.2, 0) is 16.6 Å². The Morgan fingerprint density at radius 2 is 1.66 bits per heavy atom. The molecule has 1 aromatic heterocycles. The van der Waals surface area contributed by atoms with Gasteiger partial charge in [0.1, 0.15) is 4.21 Å². The van der Waals surface area contributed by atoms with Crippen molar-refractivity contribution in [2.24, 2.45) is 11.8 Å². The third-order valence-corrected chi connectivity index (χ3v) is 9.39. The summed E-state index contributed by atoms with van der Waals surface area (Å²) in [6, 6.07) is 21.1. The van der Waals surface area contributed by atoms with Crippen molar-refractivity contribution < 1.29 is 8.42 Å². The van der Waals surface area contributed by atoms with Crippen LogP contribution < -0.4 is 10.0 Å². The van der Waals surface area contributed by atoms with Gasteiger partial charge in [0.05, 0.1) is 5.69 Å². The SMILES string of the molecule is CC(CNCc1ccccc1NS(=O)(=O)c1ccc(-c2ccccc2)s1)C1CCCCC1. The fourth-order valence-corrected chi connectivity index (χ4v) is 6.91. The lowest BCUT2D eigenvalue weighted by molar-refractivity contribution is 0.256. The maximum Gasteiger partial charge on any atom is 0.271 e. The van der Waals surface area contributed by atoms with E-state index in [0.29, 0.717) is 22.4 Å². The average Bonchev–Trinajstić information content (AvgIpc) is 3.33. The van der Waals surface area contributed by atoms with Crippen molar-refractivity contribution in [2.75, 3.05) is 11.3 Å². The lowest BCUT2D eigenvalue weighted by Gasteiger charge is -2.28. The zero-order valence-electron chi connectivity index (χ0n) is 18.6. The van der Waals surface area contributed by atoms with Gasteiger partial charge in [-0.15, -0.1) is 11.3 Å². The summed E-state index contributed by atoms with van der Waals surface area (Å²) in [4.78, 5) is 0.942. The second-order valence-electron chi connectivity index (χ2n) is 8.75. The van der Waals surface area contributed by atoms with E-state index in [1.54, 1.807) is 6.07 Å². The second kappa shape index (κ2) is 10.6. The first kappa shape index (κ1) is 23.0. The average molecular weight is 469 g/mol. The first-order valence-electron chi connectivity index (χ1n) is 11.5. The standard InChI is InChI=1S/C26H32N2O2S2/c1-20(21-10-4-2-5-11-21)18-27-19-23-14-8-9-15-24(23)28-32(29,30)26-17-16-25(31-26)22-12-6-3-7-13-22/h3,6-9,12-17,20-21,27-28H,2,4-5,10-11,18-19H2,1H3. The van der Waals surface area contributed by atoms with Gasteiger partial charge in [0, 0.05) is 11.4 Å². The molecule has 1 unspecified atom stereocenters. The van der Waals surface area contributed by atoms with E-state index in [0.717, 1.165) is 28.5 Å². The predicted octanol–water partition coefficient (Wildman–Crippen LogP) is 6.52. The number of hydrogen-bond donors (Lipinski definition) is 2. The molecule has 1 heterocycles. The fraction of sp³-hybridized carbons (Fsp3) is 0.385. The van der Waals surface area contributed by atoms with Crippen LogP contribution in [0.2, 0.25) is 0 Å². The van der Waals surface area contributed by atoms with Gasteiger partial charge in [-0.05, 0) is 47.7 Å². The summed E-state index contributed by atoms with van der Waals surface area (Å²) in [6.07, 6.45) is 6.76. The number of para-hydroxylation sites is 1. The van der Waals surface area contributed by atoms with Gasteiger partial charge in [-0.25, -0.2) is 8.42 Å². The summed E-state index contributed by atoms with van der Waals surface area (Å²) in [6.45, 7) is 3.94. The lowest BCUT2D eigenvalue weighted by atomic mass is 9.81. The van der Waals surface area contributed by atoms with Gasteiger partial charge in [-0.1, -0.05) is 87.6 Å². The molecule has 4 nitrogen and oxygen atoms in total. The first-order valence-corrected chi connectivity index (χ1v) is 13.8. The molecule has 0 spiro atoms. The van der Waals surface area contributed by atoms with E-state index in [-0.39, 0.29) is 0 Å². The number of thiophene rings is 1. The van der Waals surface area contributed by atoms with E-state index in [1.165, 1.54) is 43.4 Å². The van der Waals surface area contributed by atoms with Crippen molar-refractivity contribution in [2.45, 2.75) is 49.8 Å². The molecule has 4 rings (SSSR count). The molecule has 2 aromatic carbocycles. The van der Waals surface area contributed by atoms with Crippen molar-refractivity contribution in [1.29, 1.82) is 0 Å². The van der Waals surface area contributed by atoms with Gasteiger partial charge in [-0.3, -0.25) is 4.72 Å². The summed E-state index contributed by atoms with van der Waals surface area (Å²) < 4.78 is 29.3. The van der Waals surface area contributed by atoms with E-state index in [9.17, 15) is 8.42 Å². The molecule has 1 aliphatic carbocycles. The Morgan fingerprint density at radius 3 is 2.44 bits per heavy atom. The Hall–Kier alpha value is -2.15. The van der Waals surface area contributed by atoms with Gasteiger partial charge in [0.25, 0.3) is 10.0 Å². The molecule has 0 amide bonds. The van der Waals surface area contributed by atoms with Crippen LogP contribution in [0, 0.1) is 11.8 Å². The summed E-state index contributed by atoms with van der Waals surface area (Å²) in [5.74, 6) is 1.45. The van der Waals surface area contributed by atoms with Gasteiger partial charge >= 0.3 is 0 Å². The smallest absolute Gasteiger partial charge is 0.271 e. The molecule has 1 fully saturated rings. The number of nitrogens with one attached hydrogen (secondary N) is 2. The minimum atomic E-state index is -3.64. The third-order valence-electron chi connectivity index (χ3n) is 6.40. The summed E-state index contributed by atoms with van der Waals surface area (Å²) in [7, 11) is -3.64. The maximum absolute atomic E-state index is 13.1. The third kappa shape index (κ3) is 5.80. The van der Waals surface area contributed by atoms with Crippen LogP contribution in [0.15, 0.2) is 70.9 Å². The van der Waals surface area contributed by atoms with E-state index < -0.39 is 10.0 Å². The minimum absolute atomic E-state index is 0.324. The predicted molar refractivity (Wildman–Crippen MR) is 134 cm³/mol. The van der Waals surface area contributed by atoms with Crippen LogP contribution in [0.1, 0.15) is 44.6 Å². The molecule has 6 heteroatoms. The normalized spacial score (nSPS) is 16.0. The summed E-state index contributed by atoms with van der Waals surface area (Å²) >= 11 is 1.29. The highest BCUT2D eigenvalue weighted by Crippen LogP contribution is 2.32. The monoisotopic (exact) mass is 468 g/mol. The number of benzene rings is 2. The molecule has 0 radical (unpaired) electrons. The van der Waals surface area contributed by atoms with Crippen LogP contribution in [-0.4, -0.2) is 15.0 Å². The molecule has 0 bridgehead atoms. The van der Waals surface area contributed by atoms with Crippen LogP contribution in [0.3, 0.4) is 0 Å². The zero-order valence-corrected chi connectivity index (χ0v) is 20.2. The number of rotatable bonds is 9. The van der Waals surface area contributed by atoms with Crippen molar-refractivity contribution in [3.63, 3.8) is 0 Å². The fourth-order valence-electron chi connectivity index (χ4n) is 4.50. The molecule has 32 heavy (non-hydrogen) atoms. The van der Waals surface area contributed by atoms with E-state index in [4.69, 9.17) is 0 Å². The van der Waals surface area contributed by atoms with Crippen molar-refractivity contribution in [1.82, 2.24) is 5.32 Å². The molecule has 2 N–H and O–H groups in total. The van der Waals surface area contributed by atoms with Gasteiger partial charge in [0.15, 0.2) is 0 Å². The Bertz CT molecular complexity index is 1100. The zero-order chi connectivity index (χ0) is 22.4. The molecule has 3 aromatic rings. The van der Waals surface area contributed by atoms with Crippen molar-refractivity contribution >= 4 is 27.0 Å². The van der Waals surface area contributed by atoms with Gasteiger partial charge in [-0.2, -0.15) is 0 Å². The maximum atomic E-state index is 13.1. The Morgan fingerprint density at radius 1 is 0.938 bits per heavy atom. The van der Waals surface area contributed by atoms with Crippen LogP contribution in [0.25, 0.3) is 10.4 Å². The Balaban J connectivity index is 1.40. The van der Waals surface area contributed by atoms with E-state index >= 15 is 0 Å². The van der Waals surface area contributed by atoms with Gasteiger partial charge < -0.3 is 5.32 Å². The van der Waals surface area contributed by atoms with Crippen molar-refractivity contribution in [3.8, 4) is 10.4 Å². The van der Waals surface area contributed by atoms with Crippen LogP contribution >= 0.6 is 11.3 Å². The molecule has 170 valence electrons. The lowest BCUT2D eigenvalue weighted by Crippen LogP contribution is -2.27. The minimum Gasteiger partial charge on any atom is -0.312 e. The highest BCUT2D eigenvalue weighted by molar-refractivity contribution is 7.94. The molecule has 0 aliphatic heterocycles. The van der Waals surface area contributed by atoms with Crippen LogP contribution in [0.4, 0.5) is 5.69 Å². The quantitative estimate of drug-likeness (QED) is 0.376. The summed E-state index contributed by atoms with van der Waals surface area (Å²) in [5.41, 5.74) is 2.63. The van der Waals surface area contributed by atoms with Crippen molar-refractivity contribution in [3.05, 3.63) is 72.3 Å². The molecule has 1 aliphatic rings. The van der Waals surface area contributed by atoms with E-state index in [1.807, 2.05) is 60.7 Å². The van der Waals surface area contributed by atoms with E-state index in [2.05, 4.69) is 17.0 Å². The van der Waals surface area contributed by atoms with Gasteiger partial charge in [0.2, 0.25) is 0 Å². The largest absolute Gasteiger partial charge is 0.312 e. The van der Waals surface area contributed by atoms with Crippen LogP contribution in [0.5, 0.6) is 0 Å². The molecular weight excluding hydrogens is 436 g/mol. The Kier molecular flexibility index (Phi) is 7.66. The number of hydrogen-bond acceptors (Lipinski definition) is 4. The topological polar surface area (TPSA) is 58.2 Å². The molecule has 0 saturated heterocycles. The summed E-state index contributed by atoms with van der Waals surface area (Å²) in [5, 5.41) is 3.56. The number of sulfonamides is 1. The molecule has 1 saturated carbocycles. The first-order chi connectivity index (χ1) is 15.5. The Labute approximate surface area is 196 Å². The highest BCUT2D eigenvalue weighted by Gasteiger charge is 2.21. The second-order valence-corrected chi connectivity index (χ2v) is 11.7. The number of anilines is 1. The highest BCUT2D eigenvalue weighted by atomic mass is 32.2. The molecular formula is C26H32N2O2S2. The molecule has 1 atom stereocenters.